The molecule has 1 N–H and O–H groups in total. The first-order valence-electron chi connectivity index (χ1n) is 7.11. The maximum Gasteiger partial charge on any atom is 0.0699 e. The van der Waals surface area contributed by atoms with Gasteiger partial charge in [-0.3, -0.25) is 0 Å². The molecule has 2 heteroatoms. The summed E-state index contributed by atoms with van der Waals surface area (Å²) in [6.07, 6.45) is 8.06. The van der Waals surface area contributed by atoms with E-state index in [4.69, 9.17) is 4.74 Å². The van der Waals surface area contributed by atoms with Crippen molar-refractivity contribution in [3.63, 3.8) is 0 Å². The van der Waals surface area contributed by atoms with Gasteiger partial charge in [-0.1, -0.05) is 46.5 Å². The van der Waals surface area contributed by atoms with Crippen molar-refractivity contribution in [2.24, 2.45) is 0 Å². The van der Waals surface area contributed by atoms with Gasteiger partial charge in [-0.2, -0.15) is 0 Å². The molecule has 2 nitrogen and oxygen atoms in total. The Hall–Kier alpha value is -0.0800. The molecule has 0 aromatic carbocycles. The van der Waals surface area contributed by atoms with E-state index in [9.17, 15) is 0 Å². The summed E-state index contributed by atoms with van der Waals surface area (Å²) in [7, 11) is 0. The fourth-order valence-electron chi connectivity index (χ4n) is 2.00. The smallest absolute Gasteiger partial charge is 0.0699 e. The summed E-state index contributed by atoms with van der Waals surface area (Å²) < 4.78 is 5.87. The largest absolute Gasteiger partial charge is 0.377 e. The van der Waals surface area contributed by atoms with Gasteiger partial charge in [0.1, 0.15) is 0 Å². The van der Waals surface area contributed by atoms with Gasteiger partial charge in [-0.15, -0.1) is 0 Å². The molecule has 0 saturated carbocycles. The monoisotopic (exact) mass is 229 g/mol. The fourth-order valence-corrected chi connectivity index (χ4v) is 2.00. The molecule has 0 amide bonds. The summed E-state index contributed by atoms with van der Waals surface area (Å²) >= 11 is 0. The highest BCUT2D eigenvalue weighted by molar-refractivity contribution is 4.71. The molecule has 0 rings (SSSR count). The third-order valence-corrected chi connectivity index (χ3v) is 3.10. The summed E-state index contributed by atoms with van der Waals surface area (Å²) in [5.41, 5.74) is 0. The third kappa shape index (κ3) is 8.12. The van der Waals surface area contributed by atoms with Crippen LogP contribution in [0.3, 0.4) is 0 Å². The molecule has 2 atom stereocenters. The van der Waals surface area contributed by atoms with Gasteiger partial charge in [0.25, 0.3) is 0 Å². The number of rotatable bonds is 11. The number of unbranched alkanes of at least 4 members (excludes halogenated alkanes) is 4. The van der Waals surface area contributed by atoms with Gasteiger partial charge in [0.15, 0.2) is 0 Å². The third-order valence-electron chi connectivity index (χ3n) is 3.10. The Morgan fingerprint density at radius 2 is 1.69 bits per heavy atom. The zero-order valence-electron chi connectivity index (χ0n) is 11.7. The van der Waals surface area contributed by atoms with Crippen LogP contribution in [0.4, 0.5) is 0 Å². The van der Waals surface area contributed by atoms with Crippen LogP contribution in [0.2, 0.25) is 0 Å². The minimum atomic E-state index is 0.344. The van der Waals surface area contributed by atoms with Gasteiger partial charge in [-0.25, -0.2) is 0 Å². The van der Waals surface area contributed by atoms with Crippen LogP contribution < -0.4 is 5.32 Å². The molecule has 16 heavy (non-hydrogen) atoms. The van der Waals surface area contributed by atoms with Gasteiger partial charge in [0.05, 0.1) is 6.10 Å². The van der Waals surface area contributed by atoms with Crippen molar-refractivity contribution >= 4 is 0 Å². The Balaban J connectivity index is 3.43. The number of hydrogen-bond donors (Lipinski definition) is 1. The zero-order chi connectivity index (χ0) is 12.2. The summed E-state index contributed by atoms with van der Waals surface area (Å²) in [5, 5.41) is 3.47. The lowest BCUT2D eigenvalue weighted by Crippen LogP contribution is -2.39. The van der Waals surface area contributed by atoms with Crippen molar-refractivity contribution in [3.8, 4) is 0 Å². The SMILES string of the molecule is CCCCCCCOC(C)C(CC)NCC. The van der Waals surface area contributed by atoms with Crippen LogP contribution in [0.5, 0.6) is 0 Å². The minimum Gasteiger partial charge on any atom is -0.377 e. The molecular weight excluding hydrogens is 198 g/mol. The number of ether oxygens (including phenoxy) is 1. The van der Waals surface area contributed by atoms with Crippen molar-refractivity contribution < 1.29 is 4.74 Å². The topological polar surface area (TPSA) is 21.3 Å². The molecule has 0 fully saturated rings. The van der Waals surface area contributed by atoms with E-state index in [-0.39, 0.29) is 0 Å². The van der Waals surface area contributed by atoms with Gasteiger partial charge in [0.2, 0.25) is 0 Å². The van der Waals surface area contributed by atoms with Crippen molar-refractivity contribution in [3.05, 3.63) is 0 Å². The van der Waals surface area contributed by atoms with E-state index in [2.05, 4.69) is 33.0 Å². The summed E-state index contributed by atoms with van der Waals surface area (Å²) in [6, 6.07) is 0.514. The van der Waals surface area contributed by atoms with Crippen molar-refractivity contribution in [1.29, 1.82) is 0 Å². The molecule has 0 spiro atoms. The lowest BCUT2D eigenvalue weighted by Gasteiger charge is -2.23. The highest BCUT2D eigenvalue weighted by Crippen LogP contribution is 2.06. The van der Waals surface area contributed by atoms with Gasteiger partial charge < -0.3 is 10.1 Å². The molecule has 2 unspecified atom stereocenters. The minimum absolute atomic E-state index is 0.344. The average molecular weight is 229 g/mol. The predicted molar refractivity (Wildman–Crippen MR) is 71.9 cm³/mol. The van der Waals surface area contributed by atoms with Crippen LogP contribution in [-0.4, -0.2) is 25.3 Å². The number of hydrogen-bond acceptors (Lipinski definition) is 2. The molecule has 0 bridgehead atoms. The maximum absolute atomic E-state index is 5.87. The normalized spacial score (nSPS) is 15.0. The van der Waals surface area contributed by atoms with E-state index in [0.29, 0.717) is 12.1 Å². The first kappa shape index (κ1) is 15.9. The lowest BCUT2D eigenvalue weighted by molar-refractivity contribution is 0.0359. The summed E-state index contributed by atoms with van der Waals surface area (Å²) in [5.74, 6) is 0. The van der Waals surface area contributed by atoms with E-state index in [1.165, 1.54) is 32.1 Å². The Bertz CT molecular complexity index is 139. The van der Waals surface area contributed by atoms with E-state index >= 15 is 0 Å². The molecule has 0 aromatic rings. The predicted octanol–water partition coefficient (Wildman–Crippen LogP) is 3.75. The van der Waals surface area contributed by atoms with Gasteiger partial charge in [-0.05, 0) is 26.3 Å². The Labute approximate surface area is 102 Å². The maximum atomic E-state index is 5.87. The molecule has 0 aliphatic heterocycles. The first-order valence-corrected chi connectivity index (χ1v) is 7.11. The quantitative estimate of drug-likeness (QED) is 0.545. The van der Waals surface area contributed by atoms with E-state index < -0.39 is 0 Å². The molecule has 0 aliphatic carbocycles. The van der Waals surface area contributed by atoms with Crippen LogP contribution in [0.1, 0.15) is 66.2 Å². The fraction of sp³-hybridized carbons (Fsp3) is 1.00. The molecule has 0 saturated heterocycles. The first-order chi connectivity index (χ1) is 7.76. The van der Waals surface area contributed by atoms with Gasteiger partial charge in [0, 0.05) is 12.6 Å². The van der Waals surface area contributed by atoms with E-state index in [0.717, 1.165) is 19.6 Å². The summed E-state index contributed by atoms with van der Waals surface area (Å²) in [4.78, 5) is 0. The highest BCUT2D eigenvalue weighted by Gasteiger charge is 2.13. The van der Waals surface area contributed by atoms with Crippen molar-refractivity contribution in [1.82, 2.24) is 5.32 Å². The number of nitrogens with one attached hydrogen (secondary N) is 1. The van der Waals surface area contributed by atoms with Crippen LogP contribution in [-0.2, 0) is 4.74 Å². The zero-order valence-corrected chi connectivity index (χ0v) is 11.7. The average Bonchev–Trinajstić information content (AvgIpc) is 2.30. The molecule has 98 valence electrons. The van der Waals surface area contributed by atoms with Crippen LogP contribution in [0.15, 0.2) is 0 Å². The second-order valence-corrected chi connectivity index (χ2v) is 4.56. The Kier molecular flexibility index (Phi) is 11.3. The molecule has 0 aliphatic rings. The molecule has 0 heterocycles. The van der Waals surface area contributed by atoms with E-state index in [1.807, 2.05) is 0 Å². The van der Waals surface area contributed by atoms with Crippen molar-refractivity contribution in [2.75, 3.05) is 13.2 Å². The second-order valence-electron chi connectivity index (χ2n) is 4.56. The molecule has 0 radical (unpaired) electrons. The van der Waals surface area contributed by atoms with Gasteiger partial charge >= 0.3 is 0 Å². The van der Waals surface area contributed by atoms with E-state index in [1.54, 1.807) is 0 Å². The standard InChI is InChI=1S/C14H31NO/c1-5-8-9-10-11-12-16-13(4)14(6-2)15-7-3/h13-15H,5-12H2,1-4H3. The molecule has 0 aromatic heterocycles. The van der Waals surface area contributed by atoms with Crippen LogP contribution >= 0.6 is 0 Å². The Morgan fingerprint density at radius 1 is 1.00 bits per heavy atom. The lowest BCUT2D eigenvalue weighted by atomic mass is 10.1. The summed E-state index contributed by atoms with van der Waals surface area (Å²) in [6.45, 7) is 10.8. The second kappa shape index (κ2) is 11.4. The van der Waals surface area contributed by atoms with Crippen LogP contribution in [0, 0.1) is 0 Å². The molecular formula is C14H31NO. The number of likely N-dealkylation sites (N-methyl/N-ethyl adjacent to an activating group) is 1. The van der Waals surface area contributed by atoms with Crippen molar-refractivity contribution in [2.45, 2.75) is 78.4 Å². The Morgan fingerprint density at radius 3 is 2.25 bits per heavy atom. The highest BCUT2D eigenvalue weighted by atomic mass is 16.5. The van der Waals surface area contributed by atoms with Crippen LogP contribution in [0.25, 0.3) is 0 Å².